The molecule has 2 aromatic carbocycles. The van der Waals surface area contributed by atoms with Gasteiger partial charge in [0.15, 0.2) is 0 Å². The van der Waals surface area contributed by atoms with Gasteiger partial charge in [0.1, 0.15) is 11.5 Å². The Kier molecular flexibility index (Phi) is 5.32. The summed E-state index contributed by atoms with van der Waals surface area (Å²) in [7, 11) is -1.30. The van der Waals surface area contributed by atoms with E-state index >= 15 is 0 Å². The molecule has 0 fully saturated rings. The van der Waals surface area contributed by atoms with Crippen molar-refractivity contribution < 1.29 is 13.5 Å². The third-order valence-electron chi connectivity index (χ3n) is 4.08. The fourth-order valence-corrected chi connectivity index (χ4v) is 3.96. The summed E-state index contributed by atoms with van der Waals surface area (Å²) < 4.78 is 17.2. The number of nitrogens with two attached hydrogens (primary N) is 1. The van der Waals surface area contributed by atoms with Crippen LogP contribution in [0.1, 0.15) is 17.0 Å². The molecule has 1 unspecified atom stereocenters. The SMILES string of the molecule is Cc1noc(C)c1-c1cccc(-c2cccc(CS(=O)CC(N)=O)c2)c1. The number of benzene rings is 2. The van der Waals surface area contributed by atoms with Crippen LogP contribution in [0.15, 0.2) is 53.1 Å². The van der Waals surface area contributed by atoms with E-state index in [1.165, 1.54) is 0 Å². The van der Waals surface area contributed by atoms with Gasteiger partial charge in [-0.15, -0.1) is 0 Å². The summed E-state index contributed by atoms with van der Waals surface area (Å²) in [5.41, 5.74) is 11.0. The van der Waals surface area contributed by atoms with E-state index in [2.05, 4.69) is 11.2 Å². The van der Waals surface area contributed by atoms with Crippen molar-refractivity contribution in [3.05, 3.63) is 65.5 Å². The minimum Gasteiger partial charge on any atom is -0.369 e. The lowest BCUT2D eigenvalue weighted by Crippen LogP contribution is -2.20. The van der Waals surface area contributed by atoms with Gasteiger partial charge >= 0.3 is 0 Å². The number of carbonyl (C=O) groups is 1. The van der Waals surface area contributed by atoms with Gasteiger partial charge < -0.3 is 10.3 Å². The van der Waals surface area contributed by atoms with Crippen molar-refractivity contribution in [2.45, 2.75) is 19.6 Å². The second kappa shape index (κ2) is 7.66. The smallest absolute Gasteiger partial charge is 0.230 e. The summed E-state index contributed by atoms with van der Waals surface area (Å²) >= 11 is 0. The van der Waals surface area contributed by atoms with Gasteiger partial charge in [0.05, 0.1) is 5.69 Å². The monoisotopic (exact) mass is 368 g/mol. The van der Waals surface area contributed by atoms with Crippen LogP contribution < -0.4 is 5.73 Å². The van der Waals surface area contributed by atoms with Crippen molar-refractivity contribution in [1.82, 2.24) is 5.16 Å². The van der Waals surface area contributed by atoms with Crippen LogP contribution in [0.3, 0.4) is 0 Å². The molecule has 1 heterocycles. The number of nitrogens with zero attached hydrogens (tertiary/aromatic N) is 1. The Morgan fingerprint density at radius 2 is 1.73 bits per heavy atom. The molecule has 0 saturated carbocycles. The predicted molar refractivity (Wildman–Crippen MR) is 103 cm³/mol. The summed E-state index contributed by atoms with van der Waals surface area (Å²) in [6, 6.07) is 16.0. The van der Waals surface area contributed by atoms with Crippen LogP contribution >= 0.6 is 0 Å². The molecule has 0 bridgehead atoms. The van der Waals surface area contributed by atoms with E-state index in [0.29, 0.717) is 5.75 Å². The van der Waals surface area contributed by atoms with Gasteiger partial charge in [-0.05, 0) is 42.2 Å². The van der Waals surface area contributed by atoms with E-state index in [-0.39, 0.29) is 5.75 Å². The molecule has 1 amide bonds. The molecule has 0 saturated heterocycles. The lowest BCUT2D eigenvalue weighted by Gasteiger charge is -2.08. The van der Waals surface area contributed by atoms with Crippen molar-refractivity contribution in [2.75, 3.05) is 5.75 Å². The van der Waals surface area contributed by atoms with Crippen molar-refractivity contribution >= 4 is 16.7 Å². The third-order valence-corrected chi connectivity index (χ3v) is 5.34. The van der Waals surface area contributed by atoms with Crippen LogP contribution in [0, 0.1) is 13.8 Å². The molecular formula is C20H20N2O3S. The highest BCUT2D eigenvalue weighted by atomic mass is 32.2. The Bertz CT molecular complexity index is 959. The number of amides is 1. The average molecular weight is 368 g/mol. The van der Waals surface area contributed by atoms with Gasteiger partial charge in [-0.3, -0.25) is 9.00 Å². The first-order valence-electron chi connectivity index (χ1n) is 8.20. The van der Waals surface area contributed by atoms with E-state index < -0.39 is 16.7 Å². The van der Waals surface area contributed by atoms with E-state index in [4.69, 9.17) is 10.3 Å². The largest absolute Gasteiger partial charge is 0.369 e. The Morgan fingerprint density at radius 3 is 2.38 bits per heavy atom. The Morgan fingerprint density at radius 1 is 1.08 bits per heavy atom. The molecule has 5 nitrogen and oxygen atoms in total. The first-order chi connectivity index (χ1) is 12.4. The van der Waals surface area contributed by atoms with Gasteiger partial charge in [-0.1, -0.05) is 47.6 Å². The van der Waals surface area contributed by atoms with Gasteiger partial charge in [-0.25, -0.2) is 0 Å². The molecule has 0 spiro atoms. The fourth-order valence-electron chi connectivity index (χ4n) is 2.99. The Labute approximate surface area is 154 Å². The van der Waals surface area contributed by atoms with Crippen molar-refractivity contribution in [3.63, 3.8) is 0 Å². The molecule has 1 atom stereocenters. The highest BCUT2D eigenvalue weighted by Gasteiger charge is 2.12. The molecule has 0 radical (unpaired) electrons. The number of primary amides is 1. The lowest BCUT2D eigenvalue weighted by atomic mass is 9.97. The zero-order valence-electron chi connectivity index (χ0n) is 14.7. The van der Waals surface area contributed by atoms with E-state index in [1.807, 2.05) is 56.3 Å². The highest BCUT2D eigenvalue weighted by Crippen LogP contribution is 2.30. The standard InChI is InChI=1S/C20H20N2O3S/c1-13-20(14(2)25-22-13)18-8-4-7-17(10-18)16-6-3-5-15(9-16)11-26(24)12-19(21)23/h3-10H,11-12H2,1-2H3,(H2,21,23). The molecule has 0 aliphatic carbocycles. The maximum atomic E-state index is 11.9. The second-order valence-corrected chi connectivity index (χ2v) is 7.63. The van der Waals surface area contributed by atoms with Gasteiger partial charge in [0.2, 0.25) is 5.91 Å². The average Bonchev–Trinajstić information content (AvgIpc) is 2.93. The summed E-state index contributed by atoms with van der Waals surface area (Å²) in [6.45, 7) is 3.82. The summed E-state index contributed by atoms with van der Waals surface area (Å²) in [5.74, 6) is 0.424. The first kappa shape index (κ1) is 18.1. The van der Waals surface area contributed by atoms with Crippen molar-refractivity contribution in [3.8, 4) is 22.3 Å². The maximum absolute atomic E-state index is 11.9. The second-order valence-electron chi connectivity index (χ2n) is 6.18. The molecule has 1 aromatic heterocycles. The van der Waals surface area contributed by atoms with Crippen LogP contribution in [-0.4, -0.2) is 21.0 Å². The third kappa shape index (κ3) is 4.08. The molecule has 3 rings (SSSR count). The van der Waals surface area contributed by atoms with E-state index in [1.54, 1.807) is 0 Å². The lowest BCUT2D eigenvalue weighted by molar-refractivity contribution is -0.115. The van der Waals surface area contributed by atoms with Crippen LogP contribution in [0.2, 0.25) is 0 Å². The van der Waals surface area contributed by atoms with E-state index in [0.717, 1.165) is 39.3 Å². The highest BCUT2D eigenvalue weighted by molar-refractivity contribution is 7.84. The normalized spacial score (nSPS) is 12.1. The van der Waals surface area contributed by atoms with E-state index in [9.17, 15) is 9.00 Å². The Hall–Kier alpha value is -2.73. The van der Waals surface area contributed by atoms with Crippen molar-refractivity contribution in [2.24, 2.45) is 5.73 Å². The molecule has 0 aliphatic heterocycles. The Balaban J connectivity index is 1.90. The number of carbonyl (C=O) groups excluding carboxylic acids is 1. The molecule has 134 valence electrons. The molecule has 2 N–H and O–H groups in total. The summed E-state index contributed by atoms with van der Waals surface area (Å²) in [6.07, 6.45) is 0. The van der Waals surface area contributed by atoms with Crippen LogP contribution in [-0.2, 0) is 21.3 Å². The molecule has 6 heteroatoms. The number of aromatic nitrogens is 1. The van der Waals surface area contributed by atoms with Gasteiger partial charge in [0, 0.05) is 22.1 Å². The van der Waals surface area contributed by atoms with Crippen LogP contribution in [0.4, 0.5) is 0 Å². The van der Waals surface area contributed by atoms with Gasteiger partial charge in [0.25, 0.3) is 0 Å². The number of hydrogen-bond donors (Lipinski definition) is 1. The number of rotatable bonds is 6. The fraction of sp³-hybridized carbons (Fsp3) is 0.200. The molecule has 3 aromatic rings. The predicted octanol–water partition coefficient (Wildman–Crippen LogP) is 3.36. The number of aryl methyl sites for hydroxylation is 2. The topological polar surface area (TPSA) is 86.2 Å². The van der Waals surface area contributed by atoms with Gasteiger partial charge in [-0.2, -0.15) is 0 Å². The molecule has 26 heavy (non-hydrogen) atoms. The van der Waals surface area contributed by atoms with Crippen molar-refractivity contribution in [1.29, 1.82) is 0 Å². The van der Waals surface area contributed by atoms with Crippen LogP contribution in [0.5, 0.6) is 0 Å². The molecule has 0 aliphatic rings. The molecular weight excluding hydrogens is 348 g/mol. The van der Waals surface area contributed by atoms with Crippen LogP contribution in [0.25, 0.3) is 22.3 Å². The maximum Gasteiger partial charge on any atom is 0.230 e. The summed E-state index contributed by atoms with van der Waals surface area (Å²) in [5, 5.41) is 4.02. The zero-order chi connectivity index (χ0) is 18.7. The minimum absolute atomic E-state index is 0.119. The number of hydrogen-bond acceptors (Lipinski definition) is 4. The first-order valence-corrected chi connectivity index (χ1v) is 9.68. The summed E-state index contributed by atoms with van der Waals surface area (Å²) in [4.78, 5) is 10.9. The zero-order valence-corrected chi connectivity index (χ0v) is 15.5. The minimum atomic E-state index is -1.30. The quantitative estimate of drug-likeness (QED) is 0.723.